The molecule has 0 bridgehead atoms. The first-order valence-corrected chi connectivity index (χ1v) is 9.62. The molecule has 31 heavy (non-hydrogen) atoms. The number of alkyl halides is 3. The zero-order valence-corrected chi connectivity index (χ0v) is 16.6. The first-order chi connectivity index (χ1) is 14.8. The predicted molar refractivity (Wildman–Crippen MR) is 107 cm³/mol. The van der Waals surface area contributed by atoms with Gasteiger partial charge in [-0.25, -0.2) is 4.98 Å². The SMILES string of the molecule is COc1ccc(-c2nc3ccc(C(F)(F)F)cn3c2CN2CCNCC2)cc1[N+](=O)[O-]. The summed E-state index contributed by atoms with van der Waals surface area (Å²) in [6, 6.07) is 6.72. The van der Waals surface area contributed by atoms with Crippen molar-refractivity contribution < 1.29 is 22.8 Å². The van der Waals surface area contributed by atoms with E-state index in [-0.39, 0.29) is 11.4 Å². The quantitative estimate of drug-likeness (QED) is 0.489. The maximum atomic E-state index is 13.3. The van der Waals surface area contributed by atoms with Crippen LogP contribution in [0, 0.1) is 10.1 Å². The Morgan fingerprint density at radius 1 is 1.23 bits per heavy atom. The largest absolute Gasteiger partial charge is 0.490 e. The highest BCUT2D eigenvalue weighted by atomic mass is 19.4. The van der Waals surface area contributed by atoms with Crippen molar-refractivity contribution in [2.45, 2.75) is 12.7 Å². The molecule has 8 nitrogen and oxygen atoms in total. The second kappa shape index (κ2) is 8.16. The van der Waals surface area contributed by atoms with Gasteiger partial charge in [-0.15, -0.1) is 0 Å². The third kappa shape index (κ3) is 4.19. The summed E-state index contributed by atoms with van der Waals surface area (Å²) in [5.74, 6) is 0.0977. The van der Waals surface area contributed by atoms with E-state index in [1.807, 2.05) is 0 Å². The van der Waals surface area contributed by atoms with Crippen LogP contribution in [0.1, 0.15) is 11.3 Å². The van der Waals surface area contributed by atoms with Crippen molar-refractivity contribution >= 4 is 11.3 Å². The molecule has 4 rings (SSSR count). The molecule has 0 radical (unpaired) electrons. The lowest BCUT2D eigenvalue weighted by atomic mass is 10.1. The van der Waals surface area contributed by atoms with Gasteiger partial charge in [0.2, 0.25) is 0 Å². The van der Waals surface area contributed by atoms with Crippen LogP contribution in [-0.2, 0) is 12.7 Å². The van der Waals surface area contributed by atoms with E-state index in [4.69, 9.17) is 4.74 Å². The molecule has 0 aliphatic carbocycles. The monoisotopic (exact) mass is 435 g/mol. The highest BCUT2D eigenvalue weighted by Gasteiger charge is 2.32. The first-order valence-electron chi connectivity index (χ1n) is 9.62. The summed E-state index contributed by atoms with van der Waals surface area (Å²) in [6.45, 7) is 3.36. The molecule has 3 aromatic rings. The fourth-order valence-corrected chi connectivity index (χ4v) is 3.70. The number of aromatic nitrogens is 2. The highest BCUT2D eigenvalue weighted by molar-refractivity contribution is 5.71. The number of hydrogen-bond acceptors (Lipinski definition) is 6. The van der Waals surface area contributed by atoms with Gasteiger partial charge in [0.25, 0.3) is 0 Å². The number of pyridine rings is 1. The number of nitrogens with zero attached hydrogens (tertiary/aromatic N) is 4. The Morgan fingerprint density at radius 3 is 2.61 bits per heavy atom. The van der Waals surface area contributed by atoms with Crippen LogP contribution in [0.2, 0.25) is 0 Å². The minimum Gasteiger partial charge on any atom is -0.490 e. The zero-order valence-electron chi connectivity index (χ0n) is 16.6. The smallest absolute Gasteiger partial charge is 0.417 e. The lowest BCUT2D eigenvalue weighted by Gasteiger charge is -2.27. The molecule has 1 fully saturated rings. The van der Waals surface area contributed by atoms with Crippen LogP contribution in [0.3, 0.4) is 0 Å². The number of nitrogens with one attached hydrogen (secondary N) is 1. The Kier molecular flexibility index (Phi) is 5.54. The van der Waals surface area contributed by atoms with Gasteiger partial charge in [0.15, 0.2) is 5.75 Å². The highest BCUT2D eigenvalue weighted by Crippen LogP contribution is 2.35. The summed E-state index contributed by atoms with van der Waals surface area (Å²) in [5, 5.41) is 14.7. The minimum absolute atomic E-state index is 0.0977. The van der Waals surface area contributed by atoms with E-state index in [9.17, 15) is 23.3 Å². The number of fused-ring (bicyclic) bond motifs is 1. The fourth-order valence-electron chi connectivity index (χ4n) is 3.70. The molecule has 2 aromatic heterocycles. The van der Waals surface area contributed by atoms with Crippen LogP contribution in [0.25, 0.3) is 16.9 Å². The van der Waals surface area contributed by atoms with Crippen LogP contribution in [0.15, 0.2) is 36.5 Å². The number of rotatable bonds is 5. The topological polar surface area (TPSA) is 84.9 Å². The van der Waals surface area contributed by atoms with Crippen molar-refractivity contribution in [3.8, 4) is 17.0 Å². The van der Waals surface area contributed by atoms with Gasteiger partial charge in [0, 0.05) is 50.6 Å². The molecule has 0 spiro atoms. The molecule has 0 unspecified atom stereocenters. The molecule has 0 atom stereocenters. The second-order valence-corrected chi connectivity index (χ2v) is 7.22. The van der Waals surface area contributed by atoms with Crippen molar-refractivity contribution in [1.29, 1.82) is 0 Å². The standard InChI is InChI=1S/C20H20F3N5O3/c1-31-17-4-2-13(10-15(17)28(29)30)19-16(12-26-8-6-24-7-9-26)27-11-14(20(21,22)23)3-5-18(27)25-19/h2-5,10-11,24H,6-9,12H2,1H3. The van der Waals surface area contributed by atoms with E-state index < -0.39 is 16.7 Å². The predicted octanol–water partition coefficient (Wildman–Crippen LogP) is 3.34. The molecule has 1 aromatic carbocycles. The van der Waals surface area contributed by atoms with E-state index >= 15 is 0 Å². The van der Waals surface area contributed by atoms with Crippen LogP contribution < -0.4 is 10.1 Å². The summed E-state index contributed by atoms with van der Waals surface area (Å²) < 4.78 is 46.4. The third-order valence-corrected chi connectivity index (χ3v) is 5.28. The third-order valence-electron chi connectivity index (χ3n) is 5.28. The lowest BCUT2D eigenvalue weighted by Crippen LogP contribution is -2.43. The summed E-state index contributed by atoms with van der Waals surface area (Å²) in [5.41, 5.74) is 0.708. The van der Waals surface area contributed by atoms with Crippen LogP contribution in [0.4, 0.5) is 18.9 Å². The van der Waals surface area contributed by atoms with Gasteiger partial charge >= 0.3 is 11.9 Å². The van der Waals surface area contributed by atoms with Gasteiger partial charge in [0.05, 0.1) is 29.0 Å². The van der Waals surface area contributed by atoms with Gasteiger partial charge in [-0.1, -0.05) is 0 Å². The molecule has 0 saturated carbocycles. The average Bonchev–Trinajstić information content (AvgIpc) is 3.11. The minimum atomic E-state index is -4.50. The Morgan fingerprint density at radius 2 is 1.97 bits per heavy atom. The summed E-state index contributed by atoms with van der Waals surface area (Å²) in [6.07, 6.45) is -3.47. The van der Waals surface area contributed by atoms with Gasteiger partial charge in [-0.05, 0) is 24.3 Å². The maximum absolute atomic E-state index is 13.3. The van der Waals surface area contributed by atoms with E-state index in [0.717, 1.165) is 38.4 Å². The first kappa shape index (κ1) is 21.1. The molecule has 1 saturated heterocycles. The van der Waals surface area contributed by atoms with Crippen LogP contribution in [0.5, 0.6) is 5.75 Å². The van der Waals surface area contributed by atoms with Crippen molar-refractivity contribution in [2.75, 3.05) is 33.3 Å². The Labute approximate surface area is 175 Å². The summed E-state index contributed by atoms with van der Waals surface area (Å²) in [4.78, 5) is 17.5. The van der Waals surface area contributed by atoms with Gasteiger partial charge in [0.1, 0.15) is 5.65 Å². The average molecular weight is 435 g/mol. The molecule has 1 aliphatic rings. The molecule has 0 amide bonds. The Balaban J connectivity index is 1.88. The van der Waals surface area contributed by atoms with Crippen molar-refractivity contribution in [3.05, 3.63) is 57.9 Å². The van der Waals surface area contributed by atoms with Crippen LogP contribution >= 0.6 is 0 Å². The second-order valence-electron chi connectivity index (χ2n) is 7.22. The number of halogens is 3. The summed E-state index contributed by atoms with van der Waals surface area (Å²) >= 11 is 0. The summed E-state index contributed by atoms with van der Waals surface area (Å²) in [7, 11) is 1.33. The zero-order chi connectivity index (χ0) is 22.2. The normalized spacial score (nSPS) is 15.4. The van der Waals surface area contributed by atoms with Crippen LogP contribution in [-0.4, -0.2) is 52.5 Å². The van der Waals surface area contributed by atoms with E-state index in [1.54, 1.807) is 6.07 Å². The molecule has 11 heteroatoms. The van der Waals surface area contributed by atoms with Crippen molar-refractivity contribution in [2.24, 2.45) is 0 Å². The fraction of sp³-hybridized carbons (Fsp3) is 0.350. The van der Waals surface area contributed by atoms with E-state index in [2.05, 4.69) is 15.2 Å². The Bertz CT molecular complexity index is 1120. The number of nitro groups is 1. The van der Waals surface area contributed by atoms with Crippen molar-refractivity contribution in [3.63, 3.8) is 0 Å². The maximum Gasteiger partial charge on any atom is 0.417 e. The van der Waals surface area contributed by atoms with Gasteiger partial charge in [-0.2, -0.15) is 13.2 Å². The number of ether oxygens (including phenoxy) is 1. The molecule has 1 aliphatic heterocycles. The van der Waals surface area contributed by atoms with E-state index in [1.165, 1.54) is 29.7 Å². The molecule has 164 valence electrons. The number of hydrogen-bond donors (Lipinski definition) is 1. The number of methoxy groups -OCH3 is 1. The van der Waals surface area contributed by atoms with Crippen molar-refractivity contribution in [1.82, 2.24) is 19.6 Å². The van der Waals surface area contributed by atoms with E-state index in [0.29, 0.717) is 29.1 Å². The number of benzene rings is 1. The number of piperazine rings is 1. The molecular weight excluding hydrogens is 415 g/mol. The molecule has 1 N–H and O–H groups in total. The number of imidazole rings is 1. The molecule has 3 heterocycles. The lowest BCUT2D eigenvalue weighted by molar-refractivity contribution is -0.385. The van der Waals surface area contributed by atoms with Gasteiger partial charge in [-0.3, -0.25) is 15.0 Å². The number of nitro benzene ring substituents is 1. The van der Waals surface area contributed by atoms with Gasteiger partial charge < -0.3 is 14.5 Å². The Hall–Kier alpha value is -3.18. The molecular formula is C20H20F3N5O3.